The van der Waals surface area contributed by atoms with Gasteiger partial charge in [0.25, 0.3) is 0 Å². The largest absolute Gasteiger partial charge is 0.854 e. The lowest BCUT2D eigenvalue weighted by atomic mass is 10.1. The van der Waals surface area contributed by atoms with Gasteiger partial charge >= 0.3 is 0 Å². The quantitative estimate of drug-likeness (QED) is 0.586. The molecule has 3 rings (SSSR count). The summed E-state index contributed by atoms with van der Waals surface area (Å²) in [5.41, 5.74) is 2.23. The Morgan fingerprint density at radius 2 is 1.71 bits per heavy atom. The molecule has 0 fully saturated rings. The van der Waals surface area contributed by atoms with Crippen LogP contribution in [0.1, 0.15) is 0 Å². The molecule has 0 amide bonds. The van der Waals surface area contributed by atoms with Gasteiger partial charge in [0, 0.05) is 17.7 Å². The van der Waals surface area contributed by atoms with Crippen LogP contribution in [0.2, 0.25) is 0 Å². The third-order valence-corrected chi connectivity index (χ3v) is 2.66. The highest BCUT2D eigenvalue weighted by Crippen LogP contribution is 2.18. The van der Waals surface area contributed by atoms with Gasteiger partial charge in [-0.15, -0.1) is 0 Å². The highest BCUT2D eigenvalue weighted by molar-refractivity contribution is 5.60. The fourth-order valence-electron chi connectivity index (χ4n) is 1.83. The maximum Gasteiger partial charge on any atom is 0.221 e. The standard InChI is InChI=1S/C14H10N2O/c17-14-13-8-4-5-9-16(13)10-12(15-14)11-6-2-1-3-7-11/h1-10H. The van der Waals surface area contributed by atoms with Crippen molar-refractivity contribution < 1.29 is 9.51 Å². The van der Waals surface area contributed by atoms with Crippen LogP contribution in [0.5, 0.6) is 5.88 Å². The van der Waals surface area contributed by atoms with Crippen LogP contribution in [0.4, 0.5) is 0 Å². The summed E-state index contributed by atoms with van der Waals surface area (Å²) >= 11 is 0. The van der Waals surface area contributed by atoms with E-state index in [0.29, 0.717) is 11.2 Å². The van der Waals surface area contributed by atoms with Crippen LogP contribution in [0, 0.1) is 0 Å². The maximum absolute atomic E-state index is 11.8. The second kappa shape index (κ2) is 3.87. The Labute approximate surface area is 98.6 Å². The summed E-state index contributed by atoms with van der Waals surface area (Å²) in [4.78, 5) is 4.10. The first-order valence-corrected chi connectivity index (χ1v) is 5.38. The van der Waals surface area contributed by atoms with Crippen LogP contribution >= 0.6 is 0 Å². The van der Waals surface area contributed by atoms with Gasteiger partial charge in [-0.05, 0) is 6.07 Å². The van der Waals surface area contributed by atoms with E-state index in [0.717, 1.165) is 5.56 Å². The Morgan fingerprint density at radius 3 is 2.53 bits per heavy atom. The zero-order valence-electron chi connectivity index (χ0n) is 9.08. The Balaban J connectivity index is 2.26. The predicted molar refractivity (Wildman–Crippen MR) is 62.3 cm³/mol. The van der Waals surface area contributed by atoms with Crippen LogP contribution < -0.4 is 9.51 Å². The molecule has 82 valence electrons. The van der Waals surface area contributed by atoms with Gasteiger partial charge < -0.3 is 5.11 Å². The van der Waals surface area contributed by atoms with Crippen molar-refractivity contribution in [3.05, 3.63) is 60.9 Å². The molecular weight excluding hydrogens is 212 g/mol. The van der Waals surface area contributed by atoms with Crippen molar-refractivity contribution in [2.75, 3.05) is 0 Å². The van der Waals surface area contributed by atoms with Crippen molar-refractivity contribution in [1.29, 1.82) is 0 Å². The molecule has 0 spiro atoms. The van der Waals surface area contributed by atoms with Crippen molar-refractivity contribution in [3.8, 4) is 17.1 Å². The SMILES string of the molecule is [O-]c1nc(-c2ccccc2)c[n+]2ccccc12. The fraction of sp³-hybridized carbons (Fsp3) is 0. The van der Waals surface area contributed by atoms with E-state index in [1.807, 2.05) is 54.9 Å². The molecule has 2 heterocycles. The zero-order chi connectivity index (χ0) is 11.7. The van der Waals surface area contributed by atoms with Gasteiger partial charge in [-0.25, -0.2) is 0 Å². The first-order valence-electron chi connectivity index (χ1n) is 5.38. The molecular formula is C14H10N2O. The Bertz CT molecular complexity index is 665. The molecule has 0 aliphatic carbocycles. The summed E-state index contributed by atoms with van der Waals surface area (Å²) < 4.78 is 1.80. The van der Waals surface area contributed by atoms with Gasteiger partial charge in [0.2, 0.25) is 11.7 Å². The van der Waals surface area contributed by atoms with Crippen molar-refractivity contribution >= 4 is 5.52 Å². The Kier molecular flexibility index (Phi) is 2.22. The molecule has 0 radical (unpaired) electrons. The minimum atomic E-state index is -0.202. The molecule has 2 aromatic heterocycles. The van der Waals surface area contributed by atoms with Gasteiger partial charge in [0.15, 0.2) is 6.20 Å². The lowest BCUT2D eigenvalue weighted by Crippen LogP contribution is -2.23. The van der Waals surface area contributed by atoms with E-state index in [1.54, 1.807) is 10.5 Å². The summed E-state index contributed by atoms with van der Waals surface area (Å²) in [6.45, 7) is 0. The number of nitrogens with zero attached hydrogens (tertiary/aromatic N) is 2. The lowest BCUT2D eigenvalue weighted by Gasteiger charge is -2.06. The average molecular weight is 222 g/mol. The number of hydrogen-bond acceptors (Lipinski definition) is 2. The summed E-state index contributed by atoms with van der Waals surface area (Å²) in [6.07, 6.45) is 3.72. The van der Waals surface area contributed by atoms with Gasteiger partial charge in [-0.3, -0.25) is 4.98 Å². The smallest absolute Gasteiger partial charge is 0.221 e. The lowest BCUT2D eigenvalue weighted by molar-refractivity contribution is -0.516. The van der Waals surface area contributed by atoms with Crippen LogP contribution in [0.3, 0.4) is 0 Å². The second-order valence-corrected chi connectivity index (χ2v) is 3.79. The van der Waals surface area contributed by atoms with Gasteiger partial charge in [0.05, 0.1) is 5.88 Å². The molecule has 3 aromatic rings. The summed E-state index contributed by atoms with van der Waals surface area (Å²) in [5, 5.41) is 11.8. The van der Waals surface area contributed by atoms with E-state index in [1.165, 1.54) is 0 Å². The van der Waals surface area contributed by atoms with Crippen molar-refractivity contribution in [2.45, 2.75) is 0 Å². The monoisotopic (exact) mass is 222 g/mol. The topological polar surface area (TPSA) is 40.1 Å². The van der Waals surface area contributed by atoms with Crippen molar-refractivity contribution in [1.82, 2.24) is 4.98 Å². The Morgan fingerprint density at radius 1 is 0.941 bits per heavy atom. The van der Waals surface area contributed by atoms with E-state index in [9.17, 15) is 5.11 Å². The zero-order valence-corrected chi connectivity index (χ0v) is 9.08. The highest BCUT2D eigenvalue weighted by atomic mass is 16.3. The first-order chi connectivity index (χ1) is 8.34. The van der Waals surface area contributed by atoms with E-state index >= 15 is 0 Å². The number of fused-ring (bicyclic) bond motifs is 1. The van der Waals surface area contributed by atoms with E-state index in [-0.39, 0.29) is 5.88 Å². The highest BCUT2D eigenvalue weighted by Gasteiger charge is 2.07. The van der Waals surface area contributed by atoms with Gasteiger partial charge in [-0.1, -0.05) is 30.3 Å². The van der Waals surface area contributed by atoms with Crippen LogP contribution in [0.25, 0.3) is 16.8 Å². The van der Waals surface area contributed by atoms with E-state index < -0.39 is 0 Å². The van der Waals surface area contributed by atoms with E-state index in [4.69, 9.17) is 0 Å². The maximum atomic E-state index is 11.8. The number of hydrogen-bond donors (Lipinski definition) is 0. The van der Waals surface area contributed by atoms with Crippen molar-refractivity contribution in [2.24, 2.45) is 0 Å². The van der Waals surface area contributed by atoms with Crippen LogP contribution in [-0.4, -0.2) is 4.98 Å². The molecule has 0 bridgehead atoms. The minimum absolute atomic E-state index is 0.202. The summed E-state index contributed by atoms with van der Waals surface area (Å²) in [5.74, 6) is -0.202. The Hall–Kier alpha value is -2.42. The molecule has 1 aromatic carbocycles. The molecule has 0 atom stereocenters. The minimum Gasteiger partial charge on any atom is -0.854 e. The average Bonchev–Trinajstić information content (AvgIpc) is 2.40. The molecule has 0 N–H and O–H groups in total. The first kappa shape index (κ1) is 9.78. The molecule has 0 aliphatic heterocycles. The molecule has 3 heteroatoms. The third kappa shape index (κ3) is 1.72. The second-order valence-electron chi connectivity index (χ2n) is 3.79. The molecule has 0 saturated heterocycles. The fourth-order valence-corrected chi connectivity index (χ4v) is 1.83. The van der Waals surface area contributed by atoms with Crippen LogP contribution in [-0.2, 0) is 0 Å². The third-order valence-electron chi connectivity index (χ3n) is 2.66. The van der Waals surface area contributed by atoms with Gasteiger partial charge in [0.1, 0.15) is 5.69 Å². The van der Waals surface area contributed by atoms with Crippen molar-refractivity contribution in [3.63, 3.8) is 0 Å². The number of rotatable bonds is 1. The van der Waals surface area contributed by atoms with Gasteiger partial charge in [-0.2, -0.15) is 4.40 Å². The summed E-state index contributed by atoms with van der Waals surface area (Å²) in [7, 11) is 0. The molecule has 3 nitrogen and oxygen atoms in total. The molecule has 0 unspecified atom stereocenters. The molecule has 17 heavy (non-hydrogen) atoms. The predicted octanol–water partition coefficient (Wildman–Crippen LogP) is 1.56. The van der Waals surface area contributed by atoms with E-state index in [2.05, 4.69) is 4.98 Å². The van der Waals surface area contributed by atoms with Crippen LogP contribution in [0.15, 0.2) is 60.9 Å². The molecule has 0 saturated carbocycles. The summed E-state index contributed by atoms with van der Waals surface area (Å²) in [6, 6.07) is 15.2. The normalized spacial score (nSPS) is 10.6. The number of pyridine rings is 1. The molecule has 0 aliphatic rings. The number of aromatic nitrogens is 2. The number of benzene rings is 1.